The average molecular weight is 267 g/mol. The van der Waals surface area contributed by atoms with E-state index in [4.69, 9.17) is 5.26 Å². The predicted molar refractivity (Wildman–Crippen MR) is 74.0 cm³/mol. The molecule has 1 aromatic carbocycles. The van der Waals surface area contributed by atoms with Crippen LogP contribution in [0, 0.1) is 11.3 Å². The molecule has 20 heavy (non-hydrogen) atoms. The summed E-state index contributed by atoms with van der Waals surface area (Å²) in [5.74, 6) is -0.337. The lowest BCUT2D eigenvalue weighted by atomic mass is 10.1. The predicted octanol–water partition coefficient (Wildman–Crippen LogP) is 1.52. The summed E-state index contributed by atoms with van der Waals surface area (Å²) in [5, 5.41) is 8.73. The number of nitriles is 1. The van der Waals surface area contributed by atoms with Crippen molar-refractivity contribution in [3.05, 3.63) is 69.6 Å². The average Bonchev–Trinajstić information content (AvgIpc) is 2.48. The highest BCUT2D eigenvalue weighted by atomic mass is 16.2. The zero-order valence-electron chi connectivity index (χ0n) is 11.0. The second-order valence-electron chi connectivity index (χ2n) is 4.38. The first-order valence-electron chi connectivity index (χ1n) is 6.04. The summed E-state index contributed by atoms with van der Waals surface area (Å²) < 4.78 is 0. The highest BCUT2D eigenvalue weighted by Gasteiger charge is 2.14. The highest BCUT2D eigenvalue weighted by molar-refractivity contribution is 5.93. The highest BCUT2D eigenvalue weighted by Crippen LogP contribution is 2.07. The zero-order chi connectivity index (χ0) is 14.5. The number of rotatable bonds is 3. The molecule has 0 bridgehead atoms. The van der Waals surface area contributed by atoms with Crippen molar-refractivity contribution in [2.75, 3.05) is 7.05 Å². The number of carbonyl (C=O) groups excluding carboxylic acids is 1. The van der Waals surface area contributed by atoms with Crippen molar-refractivity contribution in [2.24, 2.45) is 0 Å². The van der Waals surface area contributed by atoms with E-state index in [-0.39, 0.29) is 11.5 Å². The number of hydrogen-bond donors (Lipinski definition) is 1. The molecule has 0 saturated carbocycles. The van der Waals surface area contributed by atoms with E-state index in [1.54, 1.807) is 37.4 Å². The Morgan fingerprint density at radius 3 is 2.60 bits per heavy atom. The van der Waals surface area contributed by atoms with E-state index in [2.05, 4.69) is 4.98 Å². The molecule has 0 unspecified atom stereocenters. The van der Waals surface area contributed by atoms with Crippen LogP contribution in [0.3, 0.4) is 0 Å². The quantitative estimate of drug-likeness (QED) is 0.915. The molecule has 2 rings (SSSR count). The molecule has 0 atom stereocenters. The summed E-state index contributed by atoms with van der Waals surface area (Å²) >= 11 is 0. The summed E-state index contributed by atoms with van der Waals surface area (Å²) in [6.07, 6.45) is 1.49. The number of benzene rings is 1. The molecule has 1 heterocycles. The second-order valence-corrected chi connectivity index (χ2v) is 4.38. The van der Waals surface area contributed by atoms with Crippen molar-refractivity contribution in [1.29, 1.82) is 5.26 Å². The first-order chi connectivity index (χ1) is 9.61. The maximum atomic E-state index is 12.1. The van der Waals surface area contributed by atoms with Crippen LogP contribution in [0.2, 0.25) is 0 Å². The van der Waals surface area contributed by atoms with Crippen molar-refractivity contribution in [3.8, 4) is 6.07 Å². The first-order valence-corrected chi connectivity index (χ1v) is 6.04. The number of aromatic nitrogens is 1. The molecule has 1 aromatic heterocycles. The van der Waals surface area contributed by atoms with E-state index in [9.17, 15) is 9.59 Å². The van der Waals surface area contributed by atoms with Crippen molar-refractivity contribution in [1.82, 2.24) is 9.88 Å². The molecule has 0 aliphatic rings. The Morgan fingerprint density at radius 1 is 1.30 bits per heavy atom. The lowest BCUT2D eigenvalue weighted by Gasteiger charge is -2.16. The van der Waals surface area contributed by atoms with E-state index in [1.807, 2.05) is 6.07 Å². The summed E-state index contributed by atoms with van der Waals surface area (Å²) in [4.78, 5) is 27.6. The molecule has 0 spiro atoms. The van der Waals surface area contributed by atoms with Gasteiger partial charge in [-0.2, -0.15) is 5.26 Å². The van der Waals surface area contributed by atoms with Gasteiger partial charge < -0.3 is 9.88 Å². The van der Waals surface area contributed by atoms with Crippen LogP contribution in [0.15, 0.2) is 47.4 Å². The Bertz CT molecular complexity index is 711. The second kappa shape index (κ2) is 5.85. The largest absolute Gasteiger partial charge is 0.337 e. The van der Waals surface area contributed by atoms with Gasteiger partial charge in [0.15, 0.2) is 0 Å². The van der Waals surface area contributed by atoms with Crippen molar-refractivity contribution >= 4 is 5.91 Å². The fourth-order valence-electron chi connectivity index (χ4n) is 1.83. The topological polar surface area (TPSA) is 77.0 Å². The summed E-state index contributed by atoms with van der Waals surface area (Å²) in [6.45, 7) is 0.374. The number of pyridine rings is 1. The van der Waals surface area contributed by atoms with Gasteiger partial charge in [0.25, 0.3) is 11.5 Å². The number of H-pyrrole nitrogens is 1. The maximum Gasteiger partial charge on any atom is 0.260 e. The minimum atomic E-state index is -0.399. The van der Waals surface area contributed by atoms with Crippen molar-refractivity contribution in [3.63, 3.8) is 0 Å². The molecule has 2 aromatic rings. The Hall–Kier alpha value is -2.87. The van der Waals surface area contributed by atoms with Crippen LogP contribution in [-0.4, -0.2) is 22.8 Å². The number of hydrogen-bond acceptors (Lipinski definition) is 3. The van der Waals surface area contributed by atoms with Gasteiger partial charge in [-0.05, 0) is 29.8 Å². The van der Waals surface area contributed by atoms with Crippen molar-refractivity contribution in [2.45, 2.75) is 6.54 Å². The molecule has 100 valence electrons. The van der Waals surface area contributed by atoms with Gasteiger partial charge in [-0.1, -0.05) is 12.1 Å². The third-order valence-electron chi connectivity index (χ3n) is 2.90. The van der Waals surface area contributed by atoms with Crippen LogP contribution in [0.4, 0.5) is 0 Å². The summed E-state index contributed by atoms with van der Waals surface area (Å²) in [5.41, 5.74) is 1.18. The lowest BCUT2D eigenvalue weighted by molar-refractivity contribution is 0.0783. The van der Waals surface area contributed by atoms with Crippen LogP contribution in [0.1, 0.15) is 21.5 Å². The van der Waals surface area contributed by atoms with E-state index < -0.39 is 5.56 Å². The molecular formula is C15H13N3O2. The molecule has 5 heteroatoms. The van der Waals surface area contributed by atoms with Crippen LogP contribution >= 0.6 is 0 Å². The number of amides is 1. The van der Waals surface area contributed by atoms with E-state index >= 15 is 0 Å². The molecule has 1 N–H and O–H groups in total. The molecule has 0 saturated heterocycles. The number of carbonyl (C=O) groups is 1. The normalized spacial score (nSPS) is 9.80. The third-order valence-corrected chi connectivity index (χ3v) is 2.90. The van der Waals surface area contributed by atoms with Gasteiger partial charge in [-0.15, -0.1) is 0 Å². The summed E-state index contributed by atoms with van der Waals surface area (Å²) in [6, 6.07) is 12.1. The Labute approximate surface area is 116 Å². The van der Waals surface area contributed by atoms with Gasteiger partial charge in [-0.3, -0.25) is 9.59 Å². The molecule has 0 aliphatic carbocycles. The molecule has 0 radical (unpaired) electrons. The fraction of sp³-hybridized carbons (Fsp3) is 0.133. The van der Waals surface area contributed by atoms with Gasteiger partial charge >= 0.3 is 0 Å². The van der Waals surface area contributed by atoms with Crippen LogP contribution < -0.4 is 5.56 Å². The van der Waals surface area contributed by atoms with E-state index in [1.165, 1.54) is 17.2 Å². The van der Waals surface area contributed by atoms with E-state index in [0.717, 1.165) is 5.56 Å². The molecular weight excluding hydrogens is 254 g/mol. The van der Waals surface area contributed by atoms with Gasteiger partial charge in [0.1, 0.15) is 5.56 Å². The van der Waals surface area contributed by atoms with Gasteiger partial charge in [0.05, 0.1) is 11.6 Å². The van der Waals surface area contributed by atoms with Gasteiger partial charge in [-0.25, -0.2) is 0 Å². The monoisotopic (exact) mass is 267 g/mol. The van der Waals surface area contributed by atoms with Crippen LogP contribution in [-0.2, 0) is 6.54 Å². The molecule has 0 fully saturated rings. The Kier molecular flexibility index (Phi) is 3.96. The van der Waals surface area contributed by atoms with Crippen molar-refractivity contribution < 1.29 is 4.79 Å². The summed E-state index contributed by atoms with van der Waals surface area (Å²) in [7, 11) is 1.63. The molecule has 1 amide bonds. The lowest BCUT2D eigenvalue weighted by Crippen LogP contribution is -2.31. The fourth-order valence-corrected chi connectivity index (χ4v) is 1.83. The minimum Gasteiger partial charge on any atom is -0.337 e. The van der Waals surface area contributed by atoms with Gasteiger partial charge in [0.2, 0.25) is 0 Å². The Balaban J connectivity index is 2.14. The SMILES string of the molecule is CN(Cc1ccc(C#N)cc1)C(=O)c1ccc[nH]c1=O. The minimum absolute atomic E-state index is 0.114. The number of nitrogens with one attached hydrogen (secondary N) is 1. The first kappa shape index (κ1) is 13.6. The van der Waals surface area contributed by atoms with Crippen LogP contribution in [0.5, 0.6) is 0 Å². The number of aromatic amines is 1. The standard InChI is InChI=1S/C15H13N3O2/c1-18(10-12-6-4-11(9-16)5-7-12)15(20)13-3-2-8-17-14(13)19/h2-8H,10H2,1H3,(H,17,19). The third kappa shape index (κ3) is 2.93. The maximum absolute atomic E-state index is 12.1. The Morgan fingerprint density at radius 2 is 2.00 bits per heavy atom. The zero-order valence-corrected chi connectivity index (χ0v) is 11.0. The smallest absolute Gasteiger partial charge is 0.260 e. The van der Waals surface area contributed by atoms with E-state index in [0.29, 0.717) is 12.1 Å². The van der Waals surface area contributed by atoms with Gasteiger partial charge in [0, 0.05) is 19.8 Å². The molecule has 0 aliphatic heterocycles. The number of nitrogens with zero attached hydrogens (tertiary/aromatic N) is 2. The molecule has 5 nitrogen and oxygen atoms in total. The van der Waals surface area contributed by atoms with Crippen LogP contribution in [0.25, 0.3) is 0 Å².